The predicted molar refractivity (Wildman–Crippen MR) is 156 cm³/mol. The zero-order valence-electron chi connectivity index (χ0n) is 23.2. The molecule has 0 unspecified atom stereocenters. The number of carbonyl (C=O) groups excluding carboxylic acids is 2. The fourth-order valence-electron chi connectivity index (χ4n) is 6.10. The number of rotatable bonds is 9. The van der Waals surface area contributed by atoms with Crippen molar-refractivity contribution < 1.29 is 14.3 Å². The van der Waals surface area contributed by atoms with Crippen LogP contribution in [0.15, 0.2) is 73.1 Å². The van der Waals surface area contributed by atoms with Crippen molar-refractivity contribution in [3.63, 3.8) is 0 Å². The van der Waals surface area contributed by atoms with Crippen molar-refractivity contribution >= 4 is 28.5 Å². The molecule has 2 amide bonds. The SMILES string of the molecule is O=C(NC[C@H]1CCCO1)[C@H](c1ccncc1)N(C(=O)Cn1nnc2ccccc21)c1ccc(C2CCCCC2)cc1. The molecule has 0 bridgehead atoms. The molecule has 1 aliphatic carbocycles. The lowest BCUT2D eigenvalue weighted by Gasteiger charge is -2.32. The van der Waals surface area contributed by atoms with Gasteiger partial charge in [-0.25, -0.2) is 4.68 Å². The van der Waals surface area contributed by atoms with E-state index < -0.39 is 6.04 Å². The molecule has 2 aliphatic rings. The highest BCUT2D eigenvalue weighted by Gasteiger charge is 2.34. The van der Waals surface area contributed by atoms with Crippen molar-refractivity contribution in [2.75, 3.05) is 18.1 Å². The third-order valence-electron chi connectivity index (χ3n) is 8.28. The molecule has 2 fully saturated rings. The number of benzene rings is 2. The first kappa shape index (κ1) is 27.1. The first-order valence-electron chi connectivity index (χ1n) is 14.7. The molecule has 1 saturated heterocycles. The van der Waals surface area contributed by atoms with E-state index in [-0.39, 0.29) is 24.5 Å². The second kappa shape index (κ2) is 12.6. The second-order valence-electron chi connectivity index (χ2n) is 11.0. The molecule has 9 nitrogen and oxygen atoms in total. The van der Waals surface area contributed by atoms with Gasteiger partial charge in [0.25, 0.3) is 0 Å². The summed E-state index contributed by atoms with van der Waals surface area (Å²) in [6, 6.07) is 18.4. The number of pyridine rings is 1. The van der Waals surface area contributed by atoms with Gasteiger partial charge in [0.2, 0.25) is 11.8 Å². The number of nitrogens with zero attached hydrogens (tertiary/aromatic N) is 5. The highest BCUT2D eigenvalue weighted by atomic mass is 16.5. The maximum atomic E-state index is 14.2. The number of amides is 2. The zero-order chi connectivity index (χ0) is 28.0. The molecule has 9 heteroatoms. The van der Waals surface area contributed by atoms with Crippen LogP contribution in [0.1, 0.15) is 68.0 Å². The Morgan fingerprint density at radius 1 is 0.951 bits per heavy atom. The molecule has 1 aliphatic heterocycles. The van der Waals surface area contributed by atoms with Crippen LogP contribution in [0, 0.1) is 0 Å². The summed E-state index contributed by atoms with van der Waals surface area (Å²) in [5.74, 6) is 0.00849. The predicted octanol–water partition coefficient (Wildman–Crippen LogP) is 4.94. The lowest BCUT2D eigenvalue weighted by Crippen LogP contribution is -2.46. The van der Waals surface area contributed by atoms with Gasteiger partial charge in [0.1, 0.15) is 18.1 Å². The summed E-state index contributed by atoms with van der Waals surface area (Å²) in [7, 11) is 0. The van der Waals surface area contributed by atoms with E-state index in [2.05, 4.69) is 32.7 Å². The molecular weight excluding hydrogens is 516 g/mol. The van der Waals surface area contributed by atoms with Gasteiger partial charge in [-0.1, -0.05) is 48.7 Å². The Morgan fingerprint density at radius 3 is 2.49 bits per heavy atom. The van der Waals surface area contributed by atoms with E-state index in [9.17, 15) is 9.59 Å². The highest BCUT2D eigenvalue weighted by molar-refractivity contribution is 6.01. The van der Waals surface area contributed by atoms with Crippen LogP contribution in [0.2, 0.25) is 0 Å². The molecular formula is C32H36N6O3. The van der Waals surface area contributed by atoms with E-state index in [0.29, 0.717) is 35.8 Å². The van der Waals surface area contributed by atoms with Crippen LogP contribution < -0.4 is 10.2 Å². The van der Waals surface area contributed by atoms with Crippen LogP contribution >= 0.6 is 0 Å². The molecule has 4 aromatic rings. The van der Waals surface area contributed by atoms with Crippen LogP contribution in [0.25, 0.3) is 11.0 Å². The Hall–Kier alpha value is -4.11. The number of ether oxygens (including phenoxy) is 1. The number of hydrogen-bond donors (Lipinski definition) is 1. The Bertz CT molecular complexity index is 1460. The van der Waals surface area contributed by atoms with Gasteiger partial charge in [-0.2, -0.15) is 0 Å². The minimum atomic E-state index is -0.901. The molecule has 2 atom stereocenters. The Morgan fingerprint density at radius 2 is 1.73 bits per heavy atom. The number of aromatic nitrogens is 4. The molecule has 2 aromatic carbocycles. The van der Waals surface area contributed by atoms with Crippen LogP contribution in [-0.2, 0) is 20.9 Å². The topological polar surface area (TPSA) is 102 Å². The third-order valence-corrected chi connectivity index (χ3v) is 8.28. The summed E-state index contributed by atoms with van der Waals surface area (Å²) < 4.78 is 7.33. The van der Waals surface area contributed by atoms with Crippen molar-refractivity contribution in [2.24, 2.45) is 0 Å². The van der Waals surface area contributed by atoms with Crippen LogP contribution in [0.5, 0.6) is 0 Å². The fraction of sp³-hybridized carbons (Fsp3) is 0.406. The van der Waals surface area contributed by atoms with Crippen LogP contribution in [0.3, 0.4) is 0 Å². The van der Waals surface area contributed by atoms with E-state index in [0.717, 1.165) is 18.4 Å². The van der Waals surface area contributed by atoms with E-state index in [1.54, 1.807) is 34.1 Å². The largest absolute Gasteiger partial charge is 0.376 e. The Balaban J connectivity index is 1.35. The standard InChI is InChI=1S/C32H36N6O3/c39-30(22-37-29-11-5-4-10-28(29)35-36-37)38(26-14-12-24(13-15-26)23-7-2-1-3-8-23)31(25-16-18-33-19-17-25)32(40)34-21-27-9-6-20-41-27/h4-5,10-19,23,27,31H,1-3,6-9,20-22H2,(H,34,40)/t27-,31+/m1/s1. The highest BCUT2D eigenvalue weighted by Crippen LogP contribution is 2.35. The molecule has 212 valence electrons. The van der Waals surface area contributed by atoms with Crippen molar-refractivity contribution in [3.05, 3.63) is 84.2 Å². The van der Waals surface area contributed by atoms with E-state index >= 15 is 0 Å². The summed E-state index contributed by atoms with van der Waals surface area (Å²) >= 11 is 0. The zero-order valence-corrected chi connectivity index (χ0v) is 23.2. The maximum absolute atomic E-state index is 14.2. The molecule has 2 aromatic heterocycles. The third kappa shape index (κ3) is 6.15. The second-order valence-corrected chi connectivity index (χ2v) is 11.0. The average Bonchev–Trinajstić information content (AvgIpc) is 3.70. The lowest BCUT2D eigenvalue weighted by molar-refractivity contribution is -0.127. The molecule has 0 spiro atoms. The van der Waals surface area contributed by atoms with Gasteiger partial charge >= 0.3 is 0 Å². The Kier molecular flexibility index (Phi) is 8.32. The summed E-state index contributed by atoms with van der Waals surface area (Å²) in [6.07, 6.45) is 11.3. The quantitative estimate of drug-likeness (QED) is 0.316. The van der Waals surface area contributed by atoms with Gasteiger partial charge in [0.15, 0.2) is 0 Å². The van der Waals surface area contributed by atoms with Gasteiger partial charge in [0, 0.05) is 31.2 Å². The fourth-order valence-corrected chi connectivity index (χ4v) is 6.10. The average molecular weight is 553 g/mol. The maximum Gasteiger partial charge on any atom is 0.249 e. The van der Waals surface area contributed by atoms with Crippen molar-refractivity contribution in [1.82, 2.24) is 25.3 Å². The number of nitrogens with one attached hydrogen (secondary N) is 1. The smallest absolute Gasteiger partial charge is 0.249 e. The van der Waals surface area contributed by atoms with Crippen molar-refractivity contribution in [3.8, 4) is 0 Å². The number of fused-ring (bicyclic) bond motifs is 1. The minimum absolute atomic E-state index is 0.0162. The van der Waals surface area contributed by atoms with Crippen LogP contribution in [0.4, 0.5) is 5.69 Å². The van der Waals surface area contributed by atoms with Gasteiger partial charge < -0.3 is 10.1 Å². The number of anilines is 1. The van der Waals surface area contributed by atoms with Gasteiger partial charge in [-0.15, -0.1) is 5.10 Å². The first-order valence-corrected chi connectivity index (χ1v) is 14.7. The summed E-state index contributed by atoms with van der Waals surface area (Å²) in [5.41, 5.74) is 4.10. The molecule has 41 heavy (non-hydrogen) atoms. The molecule has 0 radical (unpaired) electrons. The number of para-hydroxylation sites is 1. The lowest BCUT2D eigenvalue weighted by atomic mass is 9.84. The molecule has 6 rings (SSSR count). The monoisotopic (exact) mass is 552 g/mol. The molecule has 1 saturated carbocycles. The molecule has 1 N–H and O–H groups in total. The Labute approximate surface area is 239 Å². The normalized spacial score (nSPS) is 18.3. The summed E-state index contributed by atoms with van der Waals surface area (Å²) in [4.78, 5) is 33.9. The molecule has 3 heterocycles. The van der Waals surface area contributed by atoms with Crippen LogP contribution in [-0.4, -0.2) is 51.0 Å². The summed E-state index contributed by atoms with van der Waals surface area (Å²) in [5, 5.41) is 11.5. The van der Waals surface area contributed by atoms with Crippen molar-refractivity contribution in [1.29, 1.82) is 0 Å². The number of hydrogen-bond acceptors (Lipinski definition) is 6. The van der Waals surface area contributed by atoms with Gasteiger partial charge in [-0.3, -0.25) is 19.5 Å². The van der Waals surface area contributed by atoms with Gasteiger partial charge in [0.05, 0.1) is 11.6 Å². The van der Waals surface area contributed by atoms with E-state index in [4.69, 9.17) is 4.74 Å². The van der Waals surface area contributed by atoms with Gasteiger partial charge in [-0.05, 0) is 79.1 Å². The van der Waals surface area contributed by atoms with E-state index in [1.165, 1.54) is 37.7 Å². The first-order chi connectivity index (χ1) is 20.2. The number of carbonyl (C=O) groups is 2. The summed E-state index contributed by atoms with van der Waals surface area (Å²) in [6.45, 7) is 1.04. The minimum Gasteiger partial charge on any atom is -0.376 e. The van der Waals surface area contributed by atoms with Crippen molar-refractivity contribution in [2.45, 2.75) is 69.6 Å². The van der Waals surface area contributed by atoms with E-state index in [1.807, 2.05) is 36.4 Å².